The molecule has 0 N–H and O–H groups in total. The van der Waals surface area contributed by atoms with Crippen molar-refractivity contribution in [3.8, 4) is 0 Å². The molecule has 70 valence electrons. The van der Waals surface area contributed by atoms with Crippen LogP contribution >= 0.6 is 0 Å². The molecule has 0 aromatic rings. The van der Waals surface area contributed by atoms with Crippen LogP contribution in [0.3, 0.4) is 0 Å². The van der Waals surface area contributed by atoms with E-state index in [9.17, 15) is 4.79 Å². The first-order valence-electron chi connectivity index (χ1n) is 5.20. The normalized spacial score (nSPS) is 23.9. The van der Waals surface area contributed by atoms with Gasteiger partial charge in [-0.2, -0.15) is 0 Å². The summed E-state index contributed by atoms with van der Waals surface area (Å²) in [6, 6.07) is 0. The average Bonchev–Trinajstić information content (AvgIpc) is 2.35. The van der Waals surface area contributed by atoms with Gasteiger partial charge in [-0.15, -0.1) is 0 Å². The third kappa shape index (κ3) is 3.38. The van der Waals surface area contributed by atoms with E-state index in [4.69, 9.17) is 0 Å². The largest absolute Gasteiger partial charge is 0.300 e. The highest BCUT2D eigenvalue weighted by Gasteiger charge is 2.21. The van der Waals surface area contributed by atoms with Crippen LogP contribution in [-0.2, 0) is 4.79 Å². The molecule has 0 spiro atoms. The fourth-order valence-corrected chi connectivity index (χ4v) is 1.95. The first kappa shape index (κ1) is 9.76. The summed E-state index contributed by atoms with van der Waals surface area (Å²) >= 11 is 0. The van der Waals surface area contributed by atoms with Gasteiger partial charge in [0.25, 0.3) is 0 Å². The van der Waals surface area contributed by atoms with Gasteiger partial charge >= 0.3 is 0 Å². The van der Waals surface area contributed by atoms with E-state index < -0.39 is 0 Å². The van der Waals surface area contributed by atoms with Crippen LogP contribution < -0.4 is 0 Å². The Hall–Kier alpha value is -0.330. The van der Waals surface area contributed by atoms with E-state index in [1.807, 2.05) is 0 Å². The Morgan fingerprint density at radius 3 is 2.75 bits per heavy atom. The van der Waals surface area contributed by atoms with Crippen molar-refractivity contribution in [2.45, 2.75) is 52.4 Å². The lowest BCUT2D eigenvalue weighted by Crippen LogP contribution is -1.96. The van der Waals surface area contributed by atoms with Crippen molar-refractivity contribution in [3.63, 3.8) is 0 Å². The molecule has 0 saturated heterocycles. The molecule has 1 rings (SSSR count). The molecule has 1 heteroatoms. The molecule has 0 aromatic carbocycles. The summed E-state index contributed by atoms with van der Waals surface area (Å²) in [7, 11) is 0. The summed E-state index contributed by atoms with van der Waals surface area (Å²) in [4.78, 5) is 11.0. The van der Waals surface area contributed by atoms with E-state index in [2.05, 4.69) is 13.8 Å². The number of hydrogen-bond donors (Lipinski definition) is 0. The maximum absolute atomic E-state index is 11.0. The minimum Gasteiger partial charge on any atom is -0.300 e. The van der Waals surface area contributed by atoms with Crippen LogP contribution in [0.2, 0.25) is 0 Å². The molecule has 0 radical (unpaired) electrons. The van der Waals surface area contributed by atoms with Crippen molar-refractivity contribution in [1.29, 1.82) is 0 Å². The summed E-state index contributed by atoms with van der Waals surface area (Å²) < 4.78 is 0. The zero-order valence-corrected chi connectivity index (χ0v) is 8.31. The fourth-order valence-electron chi connectivity index (χ4n) is 1.95. The van der Waals surface area contributed by atoms with E-state index >= 15 is 0 Å². The molecule has 0 aliphatic heterocycles. The summed E-state index contributed by atoms with van der Waals surface area (Å²) in [5.41, 5.74) is 0. The molecule has 0 heterocycles. The minimum atomic E-state index is 0.490. The number of ketones is 1. The number of carbonyl (C=O) groups excluding carboxylic acids is 1. The van der Waals surface area contributed by atoms with Crippen molar-refractivity contribution in [3.05, 3.63) is 0 Å². The zero-order chi connectivity index (χ0) is 8.97. The van der Waals surface area contributed by atoms with Gasteiger partial charge in [0.15, 0.2) is 0 Å². The first-order chi connectivity index (χ1) is 5.68. The highest BCUT2D eigenvalue weighted by Crippen LogP contribution is 2.27. The lowest BCUT2D eigenvalue weighted by atomic mass is 9.97. The van der Waals surface area contributed by atoms with E-state index in [0.717, 1.165) is 31.1 Å². The van der Waals surface area contributed by atoms with Crippen LogP contribution in [0, 0.1) is 11.8 Å². The topological polar surface area (TPSA) is 17.1 Å². The minimum absolute atomic E-state index is 0.490. The average molecular weight is 168 g/mol. The van der Waals surface area contributed by atoms with Crippen LogP contribution in [0.1, 0.15) is 52.4 Å². The van der Waals surface area contributed by atoms with Gasteiger partial charge in [0.05, 0.1) is 0 Å². The third-order valence-electron chi connectivity index (χ3n) is 2.74. The number of hydrogen-bond acceptors (Lipinski definition) is 1. The van der Waals surface area contributed by atoms with Crippen molar-refractivity contribution in [2.75, 3.05) is 0 Å². The molecule has 1 aliphatic carbocycles. The molecule has 1 atom stereocenters. The Morgan fingerprint density at radius 1 is 1.50 bits per heavy atom. The Kier molecular flexibility index (Phi) is 3.77. The fraction of sp³-hybridized carbons (Fsp3) is 0.909. The van der Waals surface area contributed by atoms with Gasteiger partial charge in [-0.1, -0.05) is 33.1 Å². The quantitative estimate of drug-likeness (QED) is 0.630. The molecule has 12 heavy (non-hydrogen) atoms. The van der Waals surface area contributed by atoms with Crippen LogP contribution in [0.5, 0.6) is 0 Å². The maximum Gasteiger partial charge on any atom is 0.133 e. The van der Waals surface area contributed by atoms with Crippen LogP contribution in [0.25, 0.3) is 0 Å². The van der Waals surface area contributed by atoms with Gasteiger partial charge in [-0.05, 0) is 18.3 Å². The Morgan fingerprint density at radius 2 is 2.25 bits per heavy atom. The zero-order valence-electron chi connectivity index (χ0n) is 8.31. The Bertz CT molecular complexity index is 149. The summed E-state index contributed by atoms with van der Waals surface area (Å²) in [5, 5.41) is 0. The predicted molar refractivity (Wildman–Crippen MR) is 51.0 cm³/mol. The second kappa shape index (κ2) is 4.64. The summed E-state index contributed by atoms with van der Waals surface area (Å²) in [6.45, 7) is 4.53. The summed E-state index contributed by atoms with van der Waals surface area (Å²) in [6.07, 6.45) is 6.81. The van der Waals surface area contributed by atoms with Gasteiger partial charge in [0.1, 0.15) is 5.78 Å². The van der Waals surface area contributed by atoms with Crippen LogP contribution in [0.4, 0.5) is 0 Å². The third-order valence-corrected chi connectivity index (χ3v) is 2.74. The van der Waals surface area contributed by atoms with E-state index in [1.165, 1.54) is 19.3 Å². The lowest BCUT2D eigenvalue weighted by Gasteiger charge is -2.08. The second-order valence-corrected chi connectivity index (χ2v) is 4.47. The molecule has 0 bridgehead atoms. The molecule has 1 saturated carbocycles. The summed E-state index contributed by atoms with van der Waals surface area (Å²) in [5.74, 6) is 2.04. The SMILES string of the molecule is CC(C)CCCC1CCC(=O)C1. The van der Waals surface area contributed by atoms with Gasteiger partial charge in [0, 0.05) is 12.8 Å². The van der Waals surface area contributed by atoms with E-state index in [-0.39, 0.29) is 0 Å². The smallest absolute Gasteiger partial charge is 0.133 e. The van der Waals surface area contributed by atoms with E-state index in [0.29, 0.717) is 5.78 Å². The standard InChI is InChI=1S/C11H20O/c1-9(2)4-3-5-10-6-7-11(12)8-10/h9-10H,3-8H2,1-2H3. The Labute approximate surface area is 75.5 Å². The molecule has 0 amide bonds. The number of Topliss-reactive ketones (excluding diaryl/α,β-unsaturated/α-hetero) is 1. The van der Waals surface area contributed by atoms with Gasteiger partial charge in [0.2, 0.25) is 0 Å². The van der Waals surface area contributed by atoms with Gasteiger partial charge < -0.3 is 0 Å². The van der Waals surface area contributed by atoms with Crippen molar-refractivity contribution >= 4 is 5.78 Å². The lowest BCUT2D eigenvalue weighted by molar-refractivity contribution is -0.117. The van der Waals surface area contributed by atoms with Gasteiger partial charge in [-0.3, -0.25) is 4.79 Å². The van der Waals surface area contributed by atoms with Crippen molar-refractivity contribution in [2.24, 2.45) is 11.8 Å². The monoisotopic (exact) mass is 168 g/mol. The highest BCUT2D eigenvalue weighted by molar-refractivity contribution is 5.80. The van der Waals surface area contributed by atoms with Crippen molar-refractivity contribution < 1.29 is 4.79 Å². The number of carbonyl (C=O) groups is 1. The van der Waals surface area contributed by atoms with Crippen LogP contribution in [-0.4, -0.2) is 5.78 Å². The predicted octanol–water partition coefficient (Wildman–Crippen LogP) is 3.18. The molecular formula is C11H20O. The highest BCUT2D eigenvalue weighted by atomic mass is 16.1. The molecular weight excluding hydrogens is 148 g/mol. The molecule has 1 aliphatic rings. The number of rotatable bonds is 4. The Balaban J connectivity index is 2.04. The van der Waals surface area contributed by atoms with Crippen LogP contribution in [0.15, 0.2) is 0 Å². The molecule has 1 nitrogen and oxygen atoms in total. The van der Waals surface area contributed by atoms with Gasteiger partial charge in [-0.25, -0.2) is 0 Å². The van der Waals surface area contributed by atoms with Crippen molar-refractivity contribution in [1.82, 2.24) is 0 Å². The maximum atomic E-state index is 11.0. The first-order valence-corrected chi connectivity index (χ1v) is 5.20. The van der Waals surface area contributed by atoms with E-state index in [1.54, 1.807) is 0 Å². The molecule has 0 aromatic heterocycles. The molecule has 1 unspecified atom stereocenters. The second-order valence-electron chi connectivity index (χ2n) is 4.47. The molecule has 1 fully saturated rings.